The number of carbonyl (C=O) groups is 3. The van der Waals surface area contributed by atoms with Gasteiger partial charge in [-0.3, -0.25) is 19.1 Å². The number of hydrogen-bond donors (Lipinski definition) is 0. The molecule has 0 saturated carbocycles. The molecule has 2 amide bonds. The van der Waals surface area contributed by atoms with Crippen molar-refractivity contribution in [2.45, 2.75) is 25.6 Å². The van der Waals surface area contributed by atoms with Crippen molar-refractivity contribution in [3.63, 3.8) is 0 Å². The van der Waals surface area contributed by atoms with E-state index < -0.39 is 17.7 Å². The van der Waals surface area contributed by atoms with Gasteiger partial charge in [-0.25, -0.2) is 4.98 Å². The average molecular weight is 550 g/mol. The fourth-order valence-corrected chi connectivity index (χ4v) is 4.67. The number of nitrogens with zero attached hydrogens (tertiary/aromatic N) is 5. The van der Waals surface area contributed by atoms with E-state index in [2.05, 4.69) is 10.1 Å². The summed E-state index contributed by atoms with van der Waals surface area (Å²) in [4.78, 5) is 45.0. The molecule has 0 N–H and O–H groups in total. The standard InChI is InChI=1S/C29H26F3N5O3/c30-29(31,32)26-8-4-7-24(33-26)25(38)18-20-9-10-23-22(17-20)19-37(34-23)12-11-27(39)35-13-15-36(16-14-35)28(40)21-5-2-1-3-6-21/h1-10,17,19H,11-16,18H2. The van der Waals surface area contributed by atoms with Crippen LogP contribution in [0.5, 0.6) is 0 Å². The van der Waals surface area contributed by atoms with Crippen LogP contribution in [0.25, 0.3) is 10.9 Å². The quantitative estimate of drug-likeness (QED) is 0.322. The highest BCUT2D eigenvalue weighted by Gasteiger charge is 2.33. The topological polar surface area (TPSA) is 88.4 Å². The normalized spacial score (nSPS) is 14.0. The number of hydrogen-bond acceptors (Lipinski definition) is 5. The third kappa shape index (κ3) is 6.19. The molecular formula is C29H26F3N5O3. The molecule has 1 fully saturated rings. The second-order valence-corrected chi connectivity index (χ2v) is 9.58. The second-order valence-electron chi connectivity index (χ2n) is 9.58. The van der Waals surface area contributed by atoms with E-state index in [-0.39, 0.29) is 30.3 Å². The van der Waals surface area contributed by atoms with Crippen molar-refractivity contribution in [2.24, 2.45) is 0 Å². The minimum Gasteiger partial charge on any atom is -0.339 e. The zero-order valence-corrected chi connectivity index (χ0v) is 21.5. The number of amides is 2. The van der Waals surface area contributed by atoms with Gasteiger partial charge in [0.2, 0.25) is 5.91 Å². The van der Waals surface area contributed by atoms with E-state index in [0.29, 0.717) is 49.4 Å². The minimum absolute atomic E-state index is 0.0220. The Bertz CT molecular complexity index is 1540. The summed E-state index contributed by atoms with van der Waals surface area (Å²) in [7, 11) is 0. The predicted molar refractivity (Wildman–Crippen MR) is 141 cm³/mol. The number of pyridine rings is 1. The van der Waals surface area contributed by atoms with Crippen LogP contribution in [0.15, 0.2) is 72.9 Å². The first-order chi connectivity index (χ1) is 19.2. The summed E-state index contributed by atoms with van der Waals surface area (Å²) in [5.41, 5.74) is 0.582. The smallest absolute Gasteiger partial charge is 0.339 e. The summed E-state index contributed by atoms with van der Waals surface area (Å²) in [6.07, 6.45) is -2.71. The lowest BCUT2D eigenvalue weighted by molar-refractivity contribution is -0.141. The SMILES string of the molecule is O=C(Cc1ccc2nn(CCC(=O)N3CCN(C(=O)c4ccccc4)CC3)cc2c1)c1cccc(C(F)(F)F)n1. The number of alkyl halides is 3. The number of carbonyl (C=O) groups excluding carboxylic acids is 3. The van der Waals surface area contributed by atoms with Gasteiger partial charge in [-0.15, -0.1) is 0 Å². The van der Waals surface area contributed by atoms with E-state index in [1.165, 1.54) is 12.1 Å². The summed E-state index contributed by atoms with van der Waals surface area (Å²) in [6.45, 7) is 2.25. The molecule has 40 heavy (non-hydrogen) atoms. The summed E-state index contributed by atoms with van der Waals surface area (Å²) >= 11 is 0. The van der Waals surface area contributed by atoms with Crippen molar-refractivity contribution in [1.82, 2.24) is 24.6 Å². The van der Waals surface area contributed by atoms with Gasteiger partial charge in [0, 0.05) is 62.7 Å². The van der Waals surface area contributed by atoms with E-state index in [4.69, 9.17) is 0 Å². The molecular weight excluding hydrogens is 523 g/mol. The molecule has 1 aliphatic heterocycles. The van der Waals surface area contributed by atoms with E-state index in [1.807, 2.05) is 18.2 Å². The van der Waals surface area contributed by atoms with Crippen molar-refractivity contribution >= 4 is 28.5 Å². The van der Waals surface area contributed by atoms with Crippen LogP contribution >= 0.6 is 0 Å². The molecule has 5 rings (SSSR count). The second kappa shape index (κ2) is 11.3. The van der Waals surface area contributed by atoms with Gasteiger partial charge in [0.15, 0.2) is 5.78 Å². The van der Waals surface area contributed by atoms with Gasteiger partial charge >= 0.3 is 6.18 Å². The monoisotopic (exact) mass is 549 g/mol. The Balaban J connectivity index is 1.15. The fraction of sp³-hybridized carbons (Fsp3) is 0.276. The van der Waals surface area contributed by atoms with Gasteiger partial charge < -0.3 is 9.80 Å². The maximum absolute atomic E-state index is 12.9. The number of rotatable bonds is 7. The Kier molecular flexibility index (Phi) is 7.63. The third-order valence-corrected chi connectivity index (χ3v) is 6.80. The Labute approximate surface area is 228 Å². The van der Waals surface area contributed by atoms with Crippen LogP contribution < -0.4 is 0 Å². The molecule has 2 aromatic carbocycles. The van der Waals surface area contributed by atoms with Gasteiger partial charge in [-0.2, -0.15) is 18.3 Å². The van der Waals surface area contributed by atoms with Gasteiger partial charge in [0.25, 0.3) is 5.91 Å². The lowest BCUT2D eigenvalue weighted by Gasteiger charge is -2.35. The molecule has 1 aliphatic rings. The maximum Gasteiger partial charge on any atom is 0.433 e. The highest BCUT2D eigenvalue weighted by molar-refractivity contribution is 5.96. The van der Waals surface area contributed by atoms with Crippen LogP contribution in [0, 0.1) is 0 Å². The summed E-state index contributed by atoms with van der Waals surface area (Å²) in [6, 6.07) is 17.5. The Hall–Kier alpha value is -4.54. The van der Waals surface area contributed by atoms with Crippen LogP contribution in [0.2, 0.25) is 0 Å². The third-order valence-electron chi connectivity index (χ3n) is 6.80. The average Bonchev–Trinajstić information content (AvgIpc) is 3.38. The highest BCUT2D eigenvalue weighted by atomic mass is 19.4. The van der Waals surface area contributed by atoms with Crippen LogP contribution in [0.3, 0.4) is 0 Å². The first kappa shape index (κ1) is 27.0. The van der Waals surface area contributed by atoms with E-state index in [0.717, 1.165) is 11.5 Å². The molecule has 0 radical (unpaired) electrons. The molecule has 8 nitrogen and oxygen atoms in total. The van der Waals surface area contributed by atoms with E-state index in [1.54, 1.807) is 51.0 Å². The molecule has 11 heteroatoms. The number of piperazine rings is 1. The Morgan fingerprint density at radius 1 is 0.850 bits per heavy atom. The zero-order valence-electron chi connectivity index (χ0n) is 21.5. The Morgan fingerprint density at radius 3 is 2.30 bits per heavy atom. The lowest BCUT2D eigenvalue weighted by Crippen LogP contribution is -2.50. The van der Waals surface area contributed by atoms with Gasteiger partial charge in [0.05, 0.1) is 5.52 Å². The summed E-state index contributed by atoms with van der Waals surface area (Å²) < 4.78 is 40.5. The van der Waals surface area contributed by atoms with E-state index >= 15 is 0 Å². The molecule has 0 aliphatic carbocycles. The van der Waals surface area contributed by atoms with Gasteiger partial charge in [0.1, 0.15) is 11.4 Å². The summed E-state index contributed by atoms with van der Waals surface area (Å²) in [5, 5.41) is 5.24. The van der Waals surface area contributed by atoms with Crippen molar-refractivity contribution in [3.8, 4) is 0 Å². The molecule has 0 unspecified atom stereocenters. The van der Waals surface area contributed by atoms with Crippen molar-refractivity contribution in [2.75, 3.05) is 26.2 Å². The van der Waals surface area contributed by atoms with E-state index in [9.17, 15) is 27.6 Å². The number of aryl methyl sites for hydroxylation is 1. The maximum atomic E-state index is 12.9. The number of aromatic nitrogens is 3. The molecule has 4 aromatic rings. The predicted octanol–water partition coefficient (Wildman–Crippen LogP) is 4.25. The Morgan fingerprint density at radius 2 is 1.57 bits per heavy atom. The molecule has 0 bridgehead atoms. The van der Waals surface area contributed by atoms with Crippen LogP contribution in [0.1, 0.15) is 38.5 Å². The lowest BCUT2D eigenvalue weighted by atomic mass is 10.0. The number of halogens is 3. The molecule has 1 saturated heterocycles. The summed E-state index contributed by atoms with van der Waals surface area (Å²) in [5.74, 6) is -0.580. The molecule has 0 atom stereocenters. The number of fused-ring (bicyclic) bond motifs is 1. The van der Waals surface area contributed by atoms with Crippen LogP contribution in [0.4, 0.5) is 13.2 Å². The molecule has 206 valence electrons. The fourth-order valence-electron chi connectivity index (χ4n) is 4.67. The number of benzene rings is 2. The zero-order chi connectivity index (χ0) is 28.3. The van der Waals surface area contributed by atoms with Crippen molar-refractivity contribution < 1.29 is 27.6 Å². The van der Waals surface area contributed by atoms with Gasteiger partial charge in [-0.05, 0) is 42.0 Å². The number of Topliss-reactive ketones (excluding diaryl/α,β-unsaturated/α-hetero) is 1. The first-order valence-electron chi connectivity index (χ1n) is 12.8. The van der Waals surface area contributed by atoms with Crippen LogP contribution in [-0.4, -0.2) is 68.3 Å². The molecule has 3 heterocycles. The number of ketones is 1. The largest absolute Gasteiger partial charge is 0.433 e. The van der Waals surface area contributed by atoms with Gasteiger partial charge in [-0.1, -0.05) is 30.3 Å². The highest BCUT2D eigenvalue weighted by Crippen LogP contribution is 2.27. The molecule has 0 spiro atoms. The molecule has 2 aromatic heterocycles. The van der Waals surface area contributed by atoms with Crippen molar-refractivity contribution in [1.29, 1.82) is 0 Å². The first-order valence-corrected chi connectivity index (χ1v) is 12.8. The minimum atomic E-state index is -4.62. The van der Waals surface area contributed by atoms with Crippen molar-refractivity contribution in [3.05, 3.63) is 95.4 Å². The van der Waals surface area contributed by atoms with Crippen LogP contribution in [-0.2, 0) is 23.9 Å².